The van der Waals surface area contributed by atoms with Crippen LogP contribution in [0.25, 0.3) is 0 Å². The van der Waals surface area contributed by atoms with Crippen LogP contribution in [0.3, 0.4) is 0 Å². The summed E-state index contributed by atoms with van der Waals surface area (Å²) in [7, 11) is -3.73. The van der Waals surface area contributed by atoms with Gasteiger partial charge in [0, 0.05) is 31.2 Å². The second kappa shape index (κ2) is 8.05. The van der Waals surface area contributed by atoms with E-state index in [1.807, 2.05) is 6.92 Å². The van der Waals surface area contributed by atoms with Crippen LogP contribution in [-0.4, -0.2) is 57.5 Å². The SMILES string of the molecule is CCNc1ccc(C(=O)NC2C(C)(C)[C@H]3CC[C@@]2(C)C3)cc1S(=O)(=O)N1CCOCC1. The number of hydrogen-bond donors (Lipinski definition) is 2. The molecular formula is C23H35N3O4S. The van der Waals surface area contributed by atoms with Crippen molar-refractivity contribution >= 4 is 21.6 Å². The van der Waals surface area contributed by atoms with Crippen molar-refractivity contribution in [1.82, 2.24) is 9.62 Å². The Morgan fingerprint density at radius 3 is 2.55 bits per heavy atom. The minimum Gasteiger partial charge on any atom is -0.384 e. The van der Waals surface area contributed by atoms with Crippen molar-refractivity contribution < 1.29 is 17.9 Å². The first-order valence-corrected chi connectivity index (χ1v) is 12.8. The summed E-state index contributed by atoms with van der Waals surface area (Å²) >= 11 is 0. The van der Waals surface area contributed by atoms with Gasteiger partial charge in [-0.15, -0.1) is 0 Å². The highest BCUT2D eigenvalue weighted by atomic mass is 32.2. The van der Waals surface area contributed by atoms with Gasteiger partial charge in [0.2, 0.25) is 10.0 Å². The summed E-state index contributed by atoms with van der Waals surface area (Å²) in [5.74, 6) is 0.421. The van der Waals surface area contributed by atoms with Crippen LogP contribution in [0.5, 0.6) is 0 Å². The number of carbonyl (C=O) groups is 1. The minimum absolute atomic E-state index is 0.0368. The fraction of sp³-hybridized carbons (Fsp3) is 0.696. The smallest absolute Gasteiger partial charge is 0.251 e. The van der Waals surface area contributed by atoms with Crippen LogP contribution in [0.15, 0.2) is 23.1 Å². The van der Waals surface area contributed by atoms with Crippen molar-refractivity contribution in [2.45, 2.75) is 57.9 Å². The van der Waals surface area contributed by atoms with E-state index >= 15 is 0 Å². The largest absolute Gasteiger partial charge is 0.384 e. The van der Waals surface area contributed by atoms with Crippen LogP contribution < -0.4 is 10.6 Å². The predicted molar refractivity (Wildman–Crippen MR) is 121 cm³/mol. The lowest BCUT2D eigenvalue weighted by atomic mass is 9.68. The zero-order valence-electron chi connectivity index (χ0n) is 19.0. The summed E-state index contributed by atoms with van der Waals surface area (Å²) in [4.78, 5) is 13.4. The van der Waals surface area contributed by atoms with E-state index < -0.39 is 10.0 Å². The lowest BCUT2D eigenvalue weighted by Gasteiger charge is -2.43. The summed E-state index contributed by atoms with van der Waals surface area (Å²) in [5, 5.41) is 6.41. The number of rotatable bonds is 6. The topological polar surface area (TPSA) is 87.7 Å². The number of hydrogen-bond acceptors (Lipinski definition) is 5. The van der Waals surface area contributed by atoms with Gasteiger partial charge in [-0.2, -0.15) is 4.31 Å². The second-order valence-corrected chi connectivity index (χ2v) is 12.0. The molecule has 8 heteroatoms. The molecule has 1 aromatic rings. The fourth-order valence-electron chi connectivity index (χ4n) is 6.02. The van der Waals surface area contributed by atoms with Crippen molar-refractivity contribution in [3.05, 3.63) is 23.8 Å². The quantitative estimate of drug-likeness (QED) is 0.697. The van der Waals surface area contributed by atoms with Gasteiger partial charge < -0.3 is 15.4 Å². The second-order valence-electron chi connectivity index (χ2n) is 10.1. The van der Waals surface area contributed by atoms with Crippen molar-refractivity contribution in [2.24, 2.45) is 16.7 Å². The Kier molecular flexibility index (Phi) is 5.85. The average molecular weight is 450 g/mol. The third-order valence-corrected chi connectivity index (χ3v) is 9.68. The van der Waals surface area contributed by atoms with Crippen LogP contribution in [0.4, 0.5) is 5.69 Å². The van der Waals surface area contributed by atoms with E-state index in [0.29, 0.717) is 50.0 Å². The zero-order valence-corrected chi connectivity index (χ0v) is 19.8. The fourth-order valence-corrected chi connectivity index (χ4v) is 7.62. The van der Waals surface area contributed by atoms with Gasteiger partial charge in [-0.25, -0.2) is 8.42 Å². The number of morpholine rings is 1. The van der Waals surface area contributed by atoms with Crippen LogP contribution >= 0.6 is 0 Å². The molecule has 1 unspecified atom stereocenters. The Labute approximate surface area is 186 Å². The van der Waals surface area contributed by atoms with Gasteiger partial charge in [0.25, 0.3) is 5.91 Å². The van der Waals surface area contributed by atoms with Crippen LogP contribution in [-0.2, 0) is 14.8 Å². The number of fused-ring (bicyclic) bond motifs is 2. The monoisotopic (exact) mass is 449 g/mol. The first-order chi connectivity index (χ1) is 14.6. The van der Waals surface area contributed by atoms with E-state index in [0.717, 1.165) is 12.8 Å². The molecule has 31 heavy (non-hydrogen) atoms. The molecule has 1 amide bonds. The Hall–Kier alpha value is -1.64. The van der Waals surface area contributed by atoms with Gasteiger partial charge >= 0.3 is 0 Å². The first-order valence-electron chi connectivity index (χ1n) is 11.4. The molecule has 0 spiro atoms. The van der Waals surface area contributed by atoms with Gasteiger partial charge in [-0.05, 0) is 61.1 Å². The maximum Gasteiger partial charge on any atom is 0.251 e. The number of nitrogens with zero attached hydrogens (tertiary/aromatic N) is 1. The Balaban J connectivity index is 1.63. The lowest BCUT2D eigenvalue weighted by Crippen LogP contribution is -2.52. The average Bonchev–Trinajstić information content (AvgIpc) is 3.23. The van der Waals surface area contributed by atoms with Gasteiger partial charge in [-0.3, -0.25) is 4.79 Å². The standard InChI is InChI=1S/C23H35N3O4S/c1-5-24-18-7-6-16(14-19(18)31(28,29)26-10-12-30-13-11-26)20(27)25-21-22(2,3)17-8-9-23(21,4)15-17/h6-7,14,17,21,24H,5,8-13,15H2,1-4H3,(H,25,27)/t17-,21?,23-/m0/s1. The molecule has 7 nitrogen and oxygen atoms in total. The number of ether oxygens (including phenoxy) is 1. The van der Waals surface area contributed by atoms with Crippen molar-refractivity contribution in [3.8, 4) is 0 Å². The van der Waals surface area contributed by atoms with Crippen LogP contribution in [0.2, 0.25) is 0 Å². The molecule has 1 aromatic carbocycles. The highest BCUT2D eigenvalue weighted by Crippen LogP contribution is 2.62. The van der Waals surface area contributed by atoms with E-state index in [2.05, 4.69) is 31.4 Å². The van der Waals surface area contributed by atoms with E-state index in [-0.39, 0.29) is 27.7 Å². The Bertz CT molecular complexity index is 951. The number of carbonyl (C=O) groups excluding carboxylic acids is 1. The summed E-state index contributed by atoms with van der Waals surface area (Å²) in [6, 6.07) is 5.04. The third kappa shape index (κ3) is 3.87. The maximum absolute atomic E-state index is 13.4. The van der Waals surface area contributed by atoms with Crippen LogP contribution in [0, 0.1) is 16.7 Å². The Morgan fingerprint density at radius 1 is 1.23 bits per heavy atom. The molecule has 2 bridgehead atoms. The molecule has 3 fully saturated rings. The molecule has 4 rings (SSSR count). The molecule has 1 heterocycles. The van der Waals surface area contributed by atoms with Gasteiger partial charge in [0.1, 0.15) is 4.90 Å². The van der Waals surface area contributed by atoms with Crippen molar-refractivity contribution in [1.29, 1.82) is 0 Å². The molecule has 3 atom stereocenters. The molecule has 1 aliphatic heterocycles. The summed E-state index contributed by atoms with van der Waals surface area (Å²) in [6.45, 7) is 10.7. The third-order valence-electron chi connectivity index (χ3n) is 7.74. The normalized spacial score (nSPS) is 30.3. The molecule has 3 aliphatic rings. The molecule has 1 saturated heterocycles. The minimum atomic E-state index is -3.73. The van der Waals surface area contributed by atoms with E-state index in [1.54, 1.807) is 12.1 Å². The molecule has 2 saturated carbocycles. The number of nitrogens with one attached hydrogen (secondary N) is 2. The summed E-state index contributed by atoms with van der Waals surface area (Å²) < 4.78 is 33.5. The molecule has 0 aromatic heterocycles. The molecular weight excluding hydrogens is 414 g/mol. The molecule has 2 aliphatic carbocycles. The van der Waals surface area contributed by atoms with E-state index in [9.17, 15) is 13.2 Å². The molecule has 0 radical (unpaired) electrons. The number of benzene rings is 1. The van der Waals surface area contributed by atoms with E-state index in [4.69, 9.17) is 4.74 Å². The summed E-state index contributed by atoms with van der Waals surface area (Å²) in [5.41, 5.74) is 1.05. The highest BCUT2D eigenvalue weighted by Gasteiger charge is 2.59. The van der Waals surface area contributed by atoms with Gasteiger partial charge in [0.05, 0.1) is 18.9 Å². The molecule has 172 valence electrons. The molecule has 2 N–H and O–H groups in total. The maximum atomic E-state index is 13.4. The predicted octanol–water partition coefficient (Wildman–Crippen LogP) is 3.08. The van der Waals surface area contributed by atoms with E-state index in [1.165, 1.54) is 16.8 Å². The Morgan fingerprint density at radius 2 is 1.94 bits per heavy atom. The highest BCUT2D eigenvalue weighted by molar-refractivity contribution is 7.89. The van der Waals surface area contributed by atoms with Gasteiger partial charge in [0.15, 0.2) is 0 Å². The lowest BCUT2D eigenvalue weighted by molar-refractivity contribution is 0.0729. The van der Waals surface area contributed by atoms with Crippen molar-refractivity contribution in [3.63, 3.8) is 0 Å². The van der Waals surface area contributed by atoms with Crippen LogP contribution in [0.1, 0.15) is 57.3 Å². The number of anilines is 1. The number of sulfonamides is 1. The first kappa shape index (κ1) is 22.6. The summed E-state index contributed by atoms with van der Waals surface area (Å²) in [6.07, 6.45) is 3.48. The zero-order chi connectivity index (χ0) is 22.4. The van der Waals surface area contributed by atoms with Gasteiger partial charge in [-0.1, -0.05) is 20.8 Å². The number of amides is 1. The van der Waals surface area contributed by atoms with Crippen molar-refractivity contribution in [2.75, 3.05) is 38.2 Å².